The van der Waals surface area contributed by atoms with E-state index in [0.29, 0.717) is 6.54 Å². The molecule has 0 unspecified atom stereocenters. The largest absolute Gasteiger partial charge is 0.388 e. The Kier molecular flexibility index (Phi) is 4.86. The standard InChI is InChI=1S/C12H18INO/c1-3-12(15,4-2)9-14-11-7-5-6-10(13)8-11/h5-8,14-15H,3-4,9H2,1-2H3. The second-order valence-electron chi connectivity index (χ2n) is 3.80. The van der Waals surface area contributed by atoms with Gasteiger partial charge in [-0.05, 0) is 53.6 Å². The molecule has 3 heteroatoms. The Morgan fingerprint density at radius 2 is 2.00 bits per heavy atom. The lowest BCUT2D eigenvalue weighted by atomic mass is 9.97. The van der Waals surface area contributed by atoms with Crippen LogP contribution < -0.4 is 5.32 Å². The van der Waals surface area contributed by atoms with Crippen LogP contribution >= 0.6 is 22.6 Å². The first-order valence-corrected chi connectivity index (χ1v) is 6.39. The smallest absolute Gasteiger partial charge is 0.0814 e. The normalized spacial score (nSPS) is 11.5. The number of halogens is 1. The molecule has 0 saturated carbocycles. The number of hydrogen-bond donors (Lipinski definition) is 2. The zero-order valence-electron chi connectivity index (χ0n) is 9.26. The predicted molar refractivity (Wildman–Crippen MR) is 73.2 cm³/mol. The van der Waals surface area contributed by atoms with Crippen molar-refractivity contribution in [2.45, 2.75) is 32.3 Å². The van der Waals surface area contributed by atoms with Crippen molar-refractivity contribution in [3.63, 3.8) is 0 Å². The minimum atomic E-state index is -0.582. The molecule has 2 N–H and O–H groups in total. The summed E-state index contributed by atoms with van der Waals surface area (Å²) in [4.78, 5) is 0. The zero-order chi connectivity index (χ0) is 11.3. The van der Waals surface area contributed by atoms with Gasteiger partial charge in [0.25, 0.3) is 0 Å². The van der Waals surface area contributed by atoms with E-state index in [1.807, 2.05) is 26.0 Å². The van der Waals surface area contributed by atoms with Gasteiger partial charge < -0.3 is 10.4 Å². The van der Waals surface area contributed by atoms with E-state index in [1.165, 1.54) is 3.57 Å². The van der Waals surface area contributed by atoms with Crippen LogP contribution in [0.3, 0.4) is 0 Å². The highest BCUT2D eigenvalue weighted by molar-refractivity contribution is 14.1. The molecule has 0 saturated heterocycles. The summed E-state index contributed by atoms with van der Waals surface area (Å²) >= 11 is 2.28. The van der Waals surface area contributed by atoms with Crippen LogP contribution in [-0.2, 0) is 0 Å². The van der Waals surface area contributed by atoms with E-state index in [-0.39, 0.29) is 0 Å². The predicted octanol–water partition coefficient (Wildman–Crippen LogP) is 3.25. The van der Waals surface area contributed by atoms with Gasteiger partial charge in [-0.25, -0.2) is 0 Å². The number of hydrogen-bond acceptors (Lipinski definition) is 2. The minimum Gasteiger partial charge on any atom is -0.388 e. The Labute approximate surface area is 105 Å². The van der Waals surface area contributed by atoms with Crippen LogP contribution in [0.25, 0.3) is 0 Å². The molecule has 0 aromatic heterocycles. The average molecular weight is 319 g/mol. The van der Waals surface area contributed by atoms with E-state index in [4.69, 9.17) is 0 Å². The summed E-state index contributed by atoms with van der Waals surface area (Å²) in [6.45, 7) is 4.64. The fourth-order valence-corrected chi connectivity index (χ4v) is 1.91. The van der Waals surface area contributed by atoms with E-state index < -0.39 is 5.60 Å². The average Bonchev–Trinajstić information content (AvgIpc) is 2.26. The van der Waals surface area contributed by atoms with Crippen LogP contribution in [0.1, 0.15) is 26.7 Å². The Morgan fingerprint density at radius 1 is 1.33 bits per heavy atom. The van der Waals surface area contributed by atoms with Crippen molar-refractivity contribution in [2.24, 2.45) is 0 Å². The summed E-state index contributed by atoms with van der Waals surface area (Å²) in [5, 5.41) is 13.4. The van der Waals surface area contributed by atoms with Gasteiger partial charge in [0.15, 0.2) is 0 Å². The first kappa shape index (κ1) is 12.8. The van der Waals surface area contributed by atoms with Gasteiger partial charge in [0.2, 0.25) is 0 Å². The maximum absolute atomic E-state index is 10.1. The molecule has 0 spiro atoms. The fraction of sp³-hybridized carbons (Fsp3) is 0.500. The van der Waals surface area contributed by atoms with Crippen molar-refractivity contribution in [3.05, 3.63) is 27.8 Å². The molecule has 15 heavy (non-hydrogen) atoms. The summed E-state index contributed by atoms with van der Waals surface area (Å²) in [5.41, 5.74) is 0.489. The van der Waals surface area contributed by atoms with E-state index in [0.717, 1.165) is 18.5 Å². The van der Waals surface area contributed by atoms with Crippen molar-refractivity contribution in [1.82, 2.24) is 0 Å². The molecule has 0 aliphatic heterocycles. The van der Waals surface area contributed by atoms with Gasteiger partial charge >= 0.3 is 0 Å². The first-order chi connectivity index (χ1) is 7.09. The lowest BCUT2D eigenvalue weighted by molar-refractivity contribution is 0.0457. The SMILES string of the molecule is CCC(O)(CC)CNc1cccc(I)c1. The van der Waals surface area contributed by atoms with E-state index >= 15 is 0 Å². The quantitative estimate of drug-likeness (QED) is 0.817. The summed E-state index contributed by atoms with van der Waals surface area (Å²) in [7, 11) is 0. The number of nitrogens with one attached hydrogen (secondary N) is 1. The van der Waals surface area contributed by atoms with Crippen LogP contribution in [0.2, 0.25) is 0 Å². The number of rotatable bonds is 5. The van der Waals surface area contributed by atoms with Gasteiger partial charge in [-0.15, -0.1) is 0 Å². The molecule has 1 aromatic rings. The fourth-order valence-electron chi connectivity index (χ4n) is 1.37. The van der Waals surface area contributed by atoms with Crippen LogP contribution in [0.15, 0.2) is 24.3 Å². The molecule has 0 atom stereocenters. The maximum Gasteiger partial charge on any atom is 0.0814 e. The molecule has 1 aromatic carbocycles. The summed E-state index contributed by atoms with van der Waals surface area (Å²) in [6.07, 6.45) is 1.56. The Bertz CT molecular complexity index is 310. The summed E-state index contributed by atoms with van der Waals surface area (Å²) in [5.74, 6) is 0. The Balaban J connectivity index is 2.56. The molecule has 0 bridgehead atoms. The van der Waals surface area contributed by atoms with Crippen LogP contribution in [0, 0.1) is 3.57 Å². The monoisotopic (exact) mass is 319 g/mol. The third kappa shape index (κ3) is 3.99. The van der Waals surface area contributed by atoms with E-state index in [2.05, 4.69) is 40.0 Å². The minimum absolute atomic E-state index is 0.582. The van der Waals surface area contributed by atoms with Crippen molar-refractivity contribution in [3.8, 4) is 0 Å². The zero-order valence-corrected chi connectivity index (χ0v) is 11.4. The molecular weight excluding hydrogens is 301 g/mol. The summed E-state index contributed by atoms with van der Waals surface area (Å²) in [6, 6.07) is 8.17. The second-order valence-corrected chi connectivity index (χ2v) is 5.04. The van der Waals surface area contributed by atoms with E-state index in [9.17, 15) is 5.11 Å². The topological polar surface area (TPSA) is 32.3 Å². The molecular formula is C12H18INO. The van der Waals surface area contributed by atoms with Crippen LogP contribution in [0.4, 0.5) is 5.69 Å². The van der Waals surface area contributed by atoms with Crippen LogP contribution in [0.5, 0.6) is 0 Å². The third-order valence-electron chi connectivity index (χ3n) is 2.76. The van der Waals surface area contributed by atoms with Crippen molar-refractivity contribution in [2.75, 3.05) is 11.9 Å². The maximum atomic E-state index is 10.1. The molecule has 0 radical (unpaired) electrons. The molecule has 1 rings (SSSR count). The molecule has 0 heterocycles. The Morgan fingerprint density at radius 3 is 2.53 bits per heavy atom. The first-order valence-electron chi connectivity index (χ1n) is 5.31. The highest BCUT2D eigenvalue weighted by atomic mass is 127. The third-order valence-corrected chi connectivity index (χ3v) is 3.43. The van der Waals surface area contributed by atoms with Gasteiger partial charge in [-0.2, -0.15) is 0 Å². The molecule has 0 aliphatic rings. The number of anilines is 1. The number of aliphatic hydroxyl groups is 1. The van der Waals surface area contributed by atoms with Gasteiger partial charge in [0.05, 0.1) is 5.60 Å². The van der Waals surface area contributed by atoms with Crippen molar-refractivity contribution >= 4 is 28.3 Å². The Hall–Kier alpha value is -0.290. The second kappa shape index (κ2) is 5.70. The lowest BCUT2D eigenvalue weighted by Gasteiger charge is -2.26. The molecule has 84 valence electrons. The number of benzene rings is 1. The van der Waals surface area contributed by atoms with Gasteiger partial charge in [-0.1, -0.05) is 19.9 Å². The van der Waals surface area contributed by atoms with Crippen molar-refractivity contribution < 1.29 is 5.11 Å². The molecule has 2 nitrogen and oxygen atoms in total. The van der Waals surface area contributed by atoms with Gasteiger partial charge in [-0.3, -0.25) is 0 Å². The highest BCUT2D eigenvalue weighted by Crippen LogP contribution is 2.17. The molecule has 0 fully saturated rings. The van der Waals surface area contributed by atoms with E-state index in [1.54, 1.807) is 0 Å². The molecule has 0 amide bonds. The lowest BCUT2D eigenvalue weighted by Crippen LogP contribution is -2.35. The summed E-state index contributed by atoms with van der Waals surface area (Å²) < 4.78 is 1.20. The van der Waals surface area contributed by atoms with Gasteiger partial charge in [0.1, 0.15) is 0 Å². The molecule has 0 aliphatic carbocycles. The highest BCUT2D eigenvalue weighted by Gasteiger charge is 2.21. The van der Waals surface area contributed by atoms with Crippen molar-refractivity contribution in [1.29, 1.82) is 0 Å². The van der Waals surface area contributed by atoms with Gasteiger partial charge in [0, 0.05) is 15.8 Å². The van der Waals surface area contributed by atoms with Crippen LogP contribution in [-0.4, -0.2) is 17.3 Å².